The Kier molecular flexibility index (Phi) is 4.23. The molecule has 2 aromatic rings. The molecule has 18 heavy (non-hydrogen) atoms. The Labute approximate surface area is 110 Å². The minimum absolute atomic E-state index is 0.355. The van der Waals surface area contributed by atoms with Gasteiger partial charge in [-0.1, -0.05) is 30.3 Å². The van der Waals surface area contributed by atoms with Crippen LogP contribution in [0.4, 0.5) is 10.1 Å². The van der Waals surface area contributed by atoms with Gasteiger partial charge in [0.15, 0.2) is 0 Å². The molecule has 0 fully saturated rings. The first kappa shape index (κ1) is 12.9. The Morgan fingerprint density at radius 3 is 2.56 bits per heavy atom. The van der Waals surface area contributed by atoms with Gasteiger partial charge >= 0.3 is 0 Å². The van der Waals surface area contributed by atoms with Crippen molar-refractivity contribution in [3.63, 3.8) is 0 Å². The second-order valence-corrected chi connectivity index (χ2v) is 5.05. The Morgan fingerprint density at radius 2 is 1.89 bits per heavy atom. The van der Waals surface area contributed by atoms with Gasteiger partial charge < -0.3 is 10.8 Å². The van der Waals surface area contributed by atoms with Crippen LogP contribution < -0.4 is 5.73 Å². The number of thioether (sulfide) groups is 1. The van der Waals surface area contributed by atoms with Crippen LogP contribution in [0.25, 0.3) is 0 Å². The Morgan fingerprint density at radius 1 is 1.17 bits per heavy atom. The summed E-state index contributed by atoms with van der Waals surface area (Å²) in [6.07, 6.45) is -0.569. The quantitative estimate of drug-likeness (QED) is 0.657. The third-order valence-corrected chi connectivity index (χ3v) is 3.54. The third kappa shape index (κ3) is 3.48. The van der Waals surface area contributed by atoms with Crippen LogP contribution in [-0.2, 0) is 0 Å². The minimum Gasteiger partial charge on any atom is -0.399 e. The van der Waals surface area contributed by atoms with Gasteiger partial charge in [-0.3, -0.25) is 0 Å². The highest BCUT2D eigenvalue weighted by atomic mass is 32.2. The molecule has 0 amide bonds. The van der Waals surface area contributed by atoms with E-state index in [0.29, 0.717) is 11.4 Å². The lowest BCUT2D eigenvalue weighted by atomic mass is 10.1. The minimum atomic E-state index is -0.569. The molecule has 0 aromatic heterocycles. The zero-order valence-electron chi connectivity index (χ0n) is 9.71. The van der Waals surface area contributed by atoms with E-state index in [-0.39, 0.29) is 5.82 Å². The predicted octanol–water partition coefficient (Wildman–Crippen LogP) is 3.23. The fourth-order valence-electron chi connectivity index (χ4n) is 1.61. The van der Waals surface area contributed by atoms with E-state index in [0.717, 1.165) is 10.5 Å². The number of aliphatic hydroxyl groups is 1. The molecule has 4 heteroatoms. The zero-order valence-corrected chi connectivity index (χ0v) is 10.5. The van der Waals surface area contributed by atoms with Crippen molar-refractivity contribution in [2.45, 2.75) is 11.0 Å². The average Bonchev–Trinajstić information content (AvgIpc) is 2.36. The summed E-state index contributed by atoms with van der Waals surface area (Å²) in [5, 5.41) is 9.97. The molecule has 3 N–H and O–H groups in total. The maximum absolute atomic E-state index is 13.1. The molecule has 1 atom stereocenters. The van der Waals surface area contributed by atoms with Gasteiger partial charge in [-0.2, -0.15) is 0 Å². The van der Waals surface area contributed by atoms with Crippen LogP contribution in [0.15, 0.2) is 53.4 Å². The van der Waals surface area contributed by atoms with Gasteiger partial charge in [0.2, 0.25) is 0 Å². The first-order valence-corrected chi connectivity index (χ1v) is 6.55. The summed E-state index contributed by atoms with van der Waals surface area (Å²) in [7, 11) is 0. The van der Waals surface area contributed by atoms with Crippen LogP contribution in [0.5, 0.6) is 0 Å². The molecular weight excluding hydrogens is 249 g/mol. The van der Waals surface area contributed by atoms with Crippen LogP contribution in [-0.4, -0.2) is 10.9 Å². The van der Waals surface area contributed by atoms with E-state index in [1.807, 2.05) is 30.3 Å². The van der Waals surface area contributed by atoms with Crippen molar-refractivity contribution < 1.29 is 9.50 Å². The number of rotatable bonds is 4. The lowest BCUT2D eigenvalue weighted by molar-refractivity contribution is 0.204. The molecule has 0 saturated carbocycles. The third-order valence-electron chi connectivity index (χ3n) is 2.49. The second kappa shape index (κ2) is 5.89. The summed E-state index contributed by atoms with van der Waals surface area (Å²) in [6, 6.07) is 13.8. The molecule has 0 bridgehead atoms. The predicted molar refractivity (Wildman–Crippen MR) is 72.9 cm³/mol. The lowest BCUT2D eigenvalue weighted by Crippen LogP contribution is -2.00. The van der Waals surface area contributed by atoms with E-state index in [1.165, 1.54) is 23.9 Å². The largest absolute Gasteiger partial charge is 0.399 e. The van der Waals surface area contributed by atoms with Gasteiger partial charge in [0, 0.05) is 16.3 Å². The van der Waals surface area contributed by atoms with Crippen LogP contribution >= 0.6 is 11.8 Å². The van der Waals surface area contributed by atoms with E-state index in [1.54, 1.807) is 6.07 Å². The molecule has 0 radical (unpaired) electrons. The van der Waals surface area contributed by atoms with E-state index in [9.17, 15) is 9.50 Å². The van der Waals surface area contributed by atoms with Gasteiger partial charge in [-0.25, -0.2) is 4.39 Å². The summed E-state index contributed by atoms with van der Waals surface area (Å²) in [5.41, 5.74) is 6.81. The fraction of sp³-hybridized carbons (Fsp3) is 0.143. The fourth-order valence-corrected chi connectivity index (χ4v) is 2.57. The molecule has 0 aliphatic heterocycles. The van der Waals surface area contributed by atoms with Gasteiger partial charge in [-0.05, 0) is 23.8 Å². The number of hydrogen-bond donors (Lipinski definition) is 2. The lowest BCUT2D eigenvalue weighted by Gasteiger charge is -2.10. The number of nitrogens with two attached hydrogens (primary N) is 1. The Balaban J connectivity index is 1.99. The number of aliphatic hydroxyl groups excluding tert-OH is 1. The van der Waals surface area contributed by atoms with Gasteiger partial charge in [0.05, 0.1) is 6.10 Å². The summed E-state index contributed by atoms with van der Waals surface area (Å²) in [6.45, 7) is 0. The molecule has 2 nitrogen and oxygen atoms in total. The molecule has 94 valence electrons. The molecule has 0 spiro atoms. The molecule has 2 rings (SSSR count). The van der Waals surface area contributed by atoms with Crippen LogP contribution in [0.1, 0.15) is 11.7 Å². The van der Waals surface area contributed by atoms with E-state index >= 15 is 0 Å². The number of anilines is 1. The van der Waals surface area contributed by atoms with E-state index < -0.39 is 6.10 Å². The highest BCUT2D eigenvalue weighted by Crippen LogP contribution is 2.26. The molecule has 0 saturated heterocycles. The van der Waals surface area contributed by atoms with Crippen LogP contribution in [0.3, 0.4) is 0 Å². The first-order chi connectivity index (χ1) is 8.65. The Bertz CT molecular complexity index is 498. The topological polar surface area (TPSA) is 46.2 Å². The molecule has 2 aromatic carbocycles. The van der Waals surface area contributed by atoms with Crippen molar-refractivity contribution in [3.05, 3.63) is 59.9 Å². The van der Waals surface area contributed by atoms with Crippen molar-refractivity contribution in [1.82, 2.24) is 0 Å². The molecule has 0 aliphatic carbocycles. The van der Waals surface area contributed by atoms with Crippen LogP contribution in [0.2, 0.25) is 0 Å². The summed E-state index contributed by atoms with van der Waals surface area (Å²) < 4.78 is 13.1. The first-order valence-electron chi connectivity index (χ1n) is 5.57. The van der Waals surface area contributed by atoms with Crippen molar-refractivity contribution in [2.24, 2.45) is 0 Å². The van der Waals surface area contributed by atoms with Crippen LogP contribution in [0, 0.1) is 5.82 Å². The van der Waals surface area contributed by atoms with Crippen molar-refractivity contribution >= 4 is 17.4 Å². The average molecular weight is 263 g/mol. The van der Waals surface area contributed by atoms with Crippen molar-refractivity contribution in [1.29, 1.82) is 0 Å². The smallest absolute Gasteiger partial charge is 0.126 e. The molecule has 0 heterocycles. The number of benzene rings is 2. The second-order valence-electron chi connectivity index (χ2n) is 3.96. The standard InChI is InChI=1S/C14H14FNOS/c15-11-6-12(16)8-13(7-11)18-9-14(17)10-4-2-1-3-5-10/h1-8,14,17H,9,16H2. The number of hydrogen-bond acceptors (Lipinski definition) is 3. The van der Waals surface area contributed by atoms with Gasteiger partial charge in [0.25, 0.3) is 0 Å². The van der Waals surface area contributed by atoms with Gasteiger partial charge in [0.1, 0.15) is 5.82 Å². The summed E-state index contributed by atoms with van der Waals surface area (Å²) >= 11 is 1.38. The SMILES string of the molecule is Nc1cc(F)cc(SCC(O)c2ccccc2)c1. The van der Waals surface area contributed by atoms with Gasteiger partial charge in [-0.15, -0.1) is 11.8 Å². The number of halogens is 1. The summed E-state index contributed by atoms with van der Waals surface area (Å²) in [5.74, 6) is 0.110. The zero-order chi connectivity index (χ0) is 13.0. The van der Waals surface area contributed by atoms with Crippen molar-refractivity contribution in [3.8, 4) is 0 Å². The number of nitrogen functional groups attached to an aromatic ring is 1. The van der Waals surface area contributed by atoms with E-state index in [2.05, 4.69) is 0 Å². The molecule has 1 unspecified atom stereocenters. The molecule has 0 aliphatic rings. The monoisotopic (exact) mass is 263 g/mol. The maximum Gasteiger partial charge on any atom is 0.126 e. The highest BCUT2D eigenvalue weighted by molar-refractivity contribution is 7.99. The summed E-state index contributed by atoms with van der Waals surface area (Å²) in [4.78, 5) is 0.725. The van der Waals surface area contributed by atoms with Crippen molar-refractivity contribution in [2.75, 3.05) is 11.5 Å². The maximum atomic E-state index is 13.1. The normalized spacial score (nSPS) is 12.3. The Hall–Kier alpha value is -1.52. The molecular formula is C14H14FNOS. The highest BCUT2D eigenvalue weighted by Gasteiger charge is 2.08. The van der Waals surface area contributed by atoms with E-state index in [4.69, 9.17) is 5.73 Å².